The fourth-order valence-corrected chi connectivity index (χ4v) is 4.17. The van der Waals surface area contributed by atoms with Gasteiger partial charge in [0.25, 0.3) is 11.8 Å². The van der Waals surface area contributed by atoms with Crippen molar-refractivity contribution in [3.05, 3.63) is 94.7 Å². The van der Waals surface area contributed by atoms with Crippen molar-refractivity contribution < 1.29 is 14.3 Å². The number of imide groups is 1. The molecule has 0 saturated carbocycles. The standard InChI is InChI=1S/C29H30N2O3/c1-6-21-7-11-23(12-8-21)30-27-26(22-9-13-25(14-10-22)34-18(2)3)28(32)31(29(27)33)24-16-19(4)15-20(5)17-24/h7-18,30H,6H2,1-5H3. The second-order valence-corrected chi connectivity index (χ2v) is 8.91. The van der Waals surface area contributed by atoms with Crippen molar-refractivity contribution >= 4 is 28.8 Å². The largest absolute Gasteiger partial charge is 0.491 e. The van der Waals surface area contributed by atoms with Crippen LogP contribution < -0.4 is 15.0 Å². The molecule has 34 heavy (non-hydrogen) atoms. The van der Waals surface area contributed by atoms with Crippen LogP contribution in [0.4, 0.5) is 11.4 Å². The second-order valence-electron chi connectivity index (χ2n) is 8.91. The van der Waals surface area contributed by atoms with Gasteiger partial charge >= 0.3 is 0 Å². The van der Waals surface area contributed by atoms with Crippen molar-refractivity contribution in [2.75, 3.05) is 10.2 Å². The van der Waals surface area contributed by atoms with Gasteiger partial charge in [-0.1, -0.05) is 37.3 Å². The van der Waals surface area contributed by atoms with E-state index in [1.165, 1.54) is 10.5 Å². The quantitative estimate of drug-likeness (QED) is 0.442. The highest BCUT2D eigenvalue weighted by Gasteiger charge is 2.40. The molecule has 4 rings (SSSR count). The highest BCUT2D eigenvalue weighted by atomic mass is 16.5. The van der Waals surface area contributed by atoms with Crippen LogP contribution in [-0.2, 0) is 16.0 Å². The minimum atomic E-state index is -0.368. The van der Waals surface area contributed by atoms with E-state index in [0.717, 1.165) is 23.2 Å². The number of nitrogens with one attached hydrogen (secondary N) is 1. The lowest BCUT2D eigenvalue weighted by molar-refractivity contribution is -0.120. The van der Waals surface area contributed by atoms with E-state index in [-0.39, 0.29) is 23.6 Å². The average Bonchev–Trinajstić information content (AvgIpc) is 3.03. The maximum atomic E-state index is 13.7. The molecule has 0 atom stereocenters. The summed E-state index contributed by atoms with van der Waals surface area (Å²) in [6.07, 6.45) is 0.972. The van der Waals surface area contributed by atoms with Crippen LogP contribution in [0.2, 0.25) is 0 Å². The SMILES string of the molecule is CCc1ccc(NC2=C(c3ccc(OC(C)C)cc3)C(=O)N(c3cc(C)cc(C)c3)C2=O)cc1. The van der Waals surface area contributed by atoms with Gasteiger partial charge < -0.3 is 10.1 Å². The van der Waals surface area contributed by atoms with E-state index in [0.29, 0.717) is 22.6 Å². The molecule has 1 heterocycles. The lowest BCUT2D eigenvalue weighted by Gasteiger charge is -2.17. The van der Waals surface area contributed by atoms with Gasteiger partial charge in [0, 0.05) is 5.69 Å². The molecule has 0 spiro atoms. The van der Waals surface area contributed by atoms with Crippen LogP contribution in [0.1, 0.15) is 43.0 Å². The minimum Gasteiger partial charge on any atom is -0.491 e. The van der Waals surface area contributed by atoms with Gasteiger partial charge in [-0.25, -0.2) is 4.90 Å². The van der Waals surface area contributed by atoms with E-state index in [4.69, 9.17) is 4.74 Å². The molecular formula is C29H30N2O3. The van der Waals surface area contributed by atoms with Gasteiger partial charge in [-0.05, 0) is 92.8 Å². The van der Waals surface area contributed by atoms with Crippen molar-refractivity contribution in [2.24, 2.45) is 0 Å². The highest BCUT2D eigenvalue weighted by molar-refractivity contribution is 6.46. The van der Waals surface area contributed by atoms with Crippen LogP contribution >= 0.6 is 0 Å². The smallest absolute Gasteiger partial charge is 0.282 e. The van der Waals surface area contributed by atoms with Gasteiger partial charge in [0.1, 0.15) is 11.4 Å². The summed E-state index contributed by atoms with van der Waals surface area (Å²) in [4.78, 5) is 28.6. The van der Waals surface area contributed by atoms with Gasteiger partial charge in [0.15, 0.2) is 0 Å². The Morgan fingerprint density at radius 3 is 2.03 bits per heavy atom. The van der Waals surface area contributed by atoms with Crippen molar-refractivity contribution in [3.63, 3.8) is 0 Å². The first-order chi connectivity index (χ1) is 16.3. The Hall–Kier alpha value is -3.86. The Labute approximate surface area is 201 Å². The van der Waals surface area contributed by atoms with Gasteiger partial charge in [-0.15, -0.1) is 0 Å². The van der Waals surface area contributed by atoms with Crippen LogP contribution in [0.5, 0.6) is 5.75 Å². The monoisotopic (exact) mass is 454 g/mol. The van der Waals surface area contributed by atoms with E-state index in [1.54, 1.807) is 0 Å². The zero-order valence-electron chi connectivity index (χ0n) is 20.3. The third-order valence-electron chi connectivity index (χ3n) is 5.69. The fourth-order valence-electron chi connectivity index (χ4n) is 4.17. The Bertz CT molecular complexity index is 1240. The van der Waals surface area contributed by atoms with Gasteiger partial charge in [0.05, 0.1) is 17.4 Å². The molecule has 1 aliphatic heterocycles. The van der Waals surface area contributed by atoms with Gasteiger partial charge in [-0.2, -0.15) is 0 Å². The summed E-state index contributed by atoms with van der Waals surface area (Å²) in [7, 11) is 0. The summed E-state index contributed by atoms with van der Waals surface area (Å²) in [6.45, 7) is 9.93. The first-order valence-electron chi connectivity index (χ1n) is 11.6. The van der Waals surface area contributed by atoms with Crippen LogP contribution in [-0.4, -0.2) is 17.9 Å². The van der Waals surface area contributed by atoms with E-state index >= 15 is 0 Å². The minimum absolute atomic E-state index is 0.0446. The van der Waals surface area contributed by atoms with Crippen LogP contribution in [0.15, 0.2) is 72.4 Å². The Morgan fingerprint density at radius 2 is 1.47 bits per heavy atom. The summed E-state index contributed by atoms with van der Waals surface area (Å²) < 4.78 is 5.75. The molecule has 1 aliphatic rings. The first-order valence-corrected chi connectivity index (χ1v) is 11.6. The normalized spacial score (nSPS) is 13.8. The summed E-state index contributed by atoms with van der Waals surface area (Å²) in [6, 6.07) is 20.9. The number of nitrogens with zero attached hydrogens (tertiary/aromatic N) is 1. The summed E-state index contributed by atoms with van der Waals surface area (Å²) >= 11 is 0. The van der Waals surface area contributed by atoms with E-state index in [1.807, 2.05) is 94.4 Å². The van der Waals surface area contributed by atoms with Crippen LogP contribution in [0.25, 0.3) is 5.57 Å². The van der Waals surface area contributed by atoms with E-state index < -0.39 is 0 Å². The molecule has 3 aromatic rings. The van der Waals surface area contributed by atoms with E-state index in [9.17, 15) is 9.59 Å². The molecule has 5 nitrogen and oxygen atoms in total. The lowest BCUT2D eigenvalue weighted by Crippen LogP contribution is -2.32. The number of hydrogen-bond acceptors (Lipinski definition) is 4. The molecule has 3 aromatic carbocycles. The predicted molar refractivity (Wildman–Crippen MR) is 137 cm³/mol. The predicted octanol–water partition coefficient (Wildman–Crippen LogP) is 6.05. The van der Waals surface area contributed by atoms with Crippen LogP contribution in [0, 0.1) is 13.8 Å². The van der Waals surface area contributed by atoms with Crippen molar-refractivity contribution in [3.8, 4) is 5.75 Å². The summed E-state index contributed by atoms with van der Waals surface area (Å²) in [5.41, 5.74) is 5.79. The number of carbonyl (C=O) groups excluding carboxylic acids is 2. The molecule has 0 aromatic heterocycles. The zero-order chi connectivity index (χ0) is 24.4. The maximum Gasteiger partial charge on any atom is 0.282 e. The molecule has 0 saturated heterocycles. The molecule has 1 N–H and O–H groups in total. The topological polar surface area (TPSA) is 58.6 Å². The number of anilines is 2. The van der Waals surface area contributed by atoms with Crippen molar-refractivity contribution in [2.45, 2.75) is 47.1 Å². The molecule has 0 unspecified atom stereocenters. The fraction of sp³-hybridized carbons (Fsp3) is 0.241. The Morgan fingerprint density at radius 1 is 0.853 bits per heavy atom. The number of hydrogen-bond donors (Lipinski definition) is 1. The molecule has 0 bridgehead atoms. The van der Waals surface area contributed by atoms with Crippen molar-refractivity contribution in [1.29, 1.82) is 0 Å². The summed E-state index contributed by atoms with van der Waals surface area (Å²) in [5.74, 6) is -0.000711. The number of benzene rings is 3. The van der Waals surface area contributed by atoms with E-state index in [2.05, 4.69) is 12.2 Å². The summed E-state index contributed by atoms with van der Waals surface area (Å²) in [5, 5.41) is 3.23. The van der Waals surface area contributed by atoms with Crippen LogP contribution in [0.3, 0.4) is 0 Å². The number of ether oxygens (including phenoxy) is 1. The molecule has 2 amide bonds. The molecule has 5 heteroatoms. The average molecular weight is 455 g/mol. The highest BCUT2D eigenvalue weighted by Crippen LogP contribution is 2.35. The lowest BCUT2D eigenvalue weighted by atomic mass is 10.0. The second kappa shape index (κ2) is 9.56. The number of carbonyl (C=O) groups is 2. The molecule has 0 radical (unpaired) electrons. The Kier molecular flexibility index (Phi) is 6.55. The third-order valence-corrected chi connectivity index (χ3v) is 5.69. The van der Waals surface area contributed by atoms with Gasteiger partial charge in [-0.3, -0.25) is 9.59 Å². The number of amides is 2. The zero-order valence-corrected chi connectivity index (χ0v) is 20.3. The molecule has 0 fully saturated rings. The first kappa shape index (κ1) is 23.3. The Balaban J connectivity index is 1.78. The third kappa shape index (κ3) is 4.74. The molecule has 0 aliphatic carbocycles. The number of rotatable bonds is 7. The van der Waals surface area contributed by atoms with Gasteiger partial charge in [0.2, 0.25) is 0 Å². The molecular weight excluding hydrogens is 424 g/mol. The number of aryl methyl sites for hydroxylation is 3. The molecule has 174 valence electrons. The maximum absolute atomic E-state index is 13.7. The van der Waals surface area contributed by atoms with Crippen molar-refractivity contribution in [1.82, 2.24) is 0 Å².